The summed E-state index contributed by atoms with van der Waals surface area (Å²) in [7, 11) is 0. The van der Waals surface area contributed by atoms with Gasteiger partial charge in [-0.2, -0.15) is 0 Å². The van der Waals surface area contributed by atoms with E-state index in [1.54, 1.807) is 36.0 Å². The Hall–Kier alpha value is -3.38. The number of rotatable bonds is 4. The predicted octanol–water partition coefficient (Wildman–Crippen LogP) is 4.41. The van der Waals surface area contributed by atoms with Crippen LogP contribution in [0, 0.1) is 0 Å². The van der Waals surface area contributed by atoms with Gasteiger partial charge in [0.15, 0.2) is 0 Å². The van der Waals surface area contributed by atoms with Crippen molar-refractivity contribution in [3.63, 3.8) is 0 Å². The van der Waals surface area contributed by atoms with E-state index in [0.29, 0.717) is 5.69 Å². The maximum Gasteiger partial charge on any atom is 0.248 e. The zero-order valence-electron chi connectivity index (χ0n) is 13.7. The van der Waals surface area contributed by atoms with Crippen LogP contribution in [0.3, 0.4) is 0 Å². The third kappa shape index (κ3) is 3.65. The van der Waals surface area contributed by atoms with Crippen LogP contribution in [0.25, 0.3) is 26.9 Å². The van der Waals surface area contributed by atoms with E-state index in [2.05, 4.69) is 26.3 Å². The van der Waals surface area contributed by atoms with Gasteiger partial charge < -0.3 is 5.32 Å². The second-order valence-corrected chi connectivity index (χ2v) is 6.55. The van der Waals surface area contributed by atoms with Crippen LogP contribution in [0.15, 0.2) is 73.2 Å². The van der Waals surface area contributed by atoms with E-state index in [-0.39, 0.29) is 5.91 Å². The van der Waals surface area contributed by atoms with Crippen LogP contribution in [0.5, 0.6) is 0 Å². The molecule has 2 aromatic carbocycles. The van der Waals surface area contributed by atoms with Crippen LogP contribution in [0.1, 0.15) is 5.69 Å². The maximum atomic E-state index is 12.0. The molecule has 4 rings (SSSR count). The van der Waals surface area contributed by atoms with Crippen molar-refractivity contribution >= 4 is 39.2 Å². The molecule has 0 spiro atoms. The maximum absolute atomic E-state index is 12.0. The molecular weight excluding hydrogens is 344 g/mol. The number of anilines is 1. The largest absolute Gasteiger partial charge is 0.323 e. The molecule has 1 N–H and O–H groups in total. The van der Waals surface area contributed by atoms with Crippen molar-refractivity contribution in [2.24, 2.45) is 0 Å². The summed E-state index contributed by atoms with van der Waals surface area (Å²) in [6, 6.07) is 15.7. The van der Waals surface area contributed by atoms with Crippen LogP contribution in [-0.2, 0) is 4.79 Å². The van der Waals surface area contributed by atoms with E-state index in [9.17, 15) is 4.79 Å². The van der Waals surface area contributed by atoms with Crippen molar-refractivity contribution < 1.29 is 4.79 Å². The number of thiazole rings is 1. The summed E-state index contributed by atoms with van der Waals surface area (Å²) >= 11 is 1.65. The summed E-state index contributed by atoms with van der Waals surface area (Å²) in [5.41, 5.74) is 3.39. The second-order valence-electron chi connectivity index (χ2n) is 5.52. The van der Waals surface area contributed by atoms with E-state index in [4.69, 9.17) is 0 Å². The normalized spacial score (nSPS) is 11.1. The summed E-state index contributed by atoms with van der Waals surface area (Å²) in [6.07, 6.45) is 7.82. The van der Waals surface area contributed by atoms with Crippen LogP contribution < -0.4 is 5.32 Å². The molecule has 0 atom stereocenters. The van der Waals surface area contributed by atoms with Crippen molar-refractivity contribution in [1.29, 1.82) is 0 Å². The highest BCUT2D eigenvalue weighted by molar-refractivity contribution is 7.21. The Morgan fingerprint density at radius 1 is 1.04 bits per heavy atom. The van der Waals surface area contributed by atoms with Crippen molar-refractivity contribution in [1.82, 2.24) is 15.0 Å². The van der Waals surface area contributed by atoms with E-state index in [0.717, 1.165) is 26.5 Å². The molecule has 0 saturated heterocycles. The average molecular weight is 358 g/mol. The average Bonchev–Trinajstić information content (AvgIpc) is 3.12. The van der Waals surface area contributed by atoms with E-state index >= 15 is 0 Å². The topological polar surface area (TPSA) is 67.8 Å². The molecule has 0 fully saturated rings. The third-order valence-corrected chi connectivity index (χ3v) is 4.77. The highest BCUT2D eigenvalue weighted by Gasteiger charge is 2.06. The first-order valence-electron chi connectivity index (χ1n) is 7.99. The highest BCUT2D eigenvalue weighted by atomic mass is 32.1. The molecule has 126 valence electrons. The number of nitrogens with zero attached hydrogens (tertiary/aromatic N) is 3. The van der Waals surface area contributed by atoms with Crippen LogP contribution in [0.4, 0.5) is 5.69 Å². The number of fused-ring (bicyclic) bond motifs is 1. The first kappa shape index (κ1) is 16.1. The van der Waals surface area contributed by atoms with Crippen LogP contribution in [-0.4, -0.2) is 20.9 Å². The fraction of sp³-hybridized carbons (Fsp3) is 0. The Morgan fingerprint density at radius 2 is 1.88 bits per heavy atom. The zero-order chi connectivity index (χ0) is 17.8. The lowest BCUT2D eigenvalue weighted by atomic mass is 10.2. The summed E-state index contributed by atoms with van der Waals surface area (Å²) < 4.78 is 1.16. The second kappa shape index (κ2) is 7.25. The van der Waals surface area contributed by atoms with Gasteiger partial charge in [0.1, 0.15) is 5.01 Å². The Bertz CT molecular complexity index is 1040. The number of nitrogens with one attached hydrogen (secondary N) is 1. The summed E-state index contributed by atoms with van der Waals surface area (Å²) in [5.74, 6) is -0.219. The molecule has 6 heteroatoms. The van der Waals surface area contributed by atoms with Crippen molar-refractivity contribution in [3.8, 4) is 10.6 Å². The first-order valence-corrected chi connectivity index (χ1v) is 8.81. The molecule has 0 aliphatic heterocycles. The van der Waals surface area contributed by atoms with Gasteiger partial charge in [-0.3, -0.25) is 14.8 Å². The Kier molecular flexibility index (Phi) is 4.49. The lowest BCUT2D eigenvalue weighted by Crippen LogP contribution is -2.07. The van der Waals surface area contributed by atoms with Gasteiger partial charge in [0.25, 0.3) is 0 Å². The van der Waals surface area contributed by atoms with E-state index in [1.807, 2.05) is 42.5 Å². The smallest absolute Gasteiger partial charge is 0.248 e. The standard InChI is InChI=1S/C20H14N4OS/c25-19(10-9-16-13-21-11-12-22-16)23-15-7-5-14(6-8-15)20-24-17-3-1-2-4-18(17)26-20/h1-13H,(H,23,25). The summed E-state index contributed by atoms with van der Waals surface area (Å²) in [4.78, 5) is 24.7. The number of carbonyl (C=O) groups excluding carboxylic acids is 1. The molecule has 2 heterocycles. The number of hydrogen-bond acceptors (Lipinski definition) is 5. The molecule has 0 unspecified atom stereocenters. The van der Waals surface area contributed by atoms with Gasteiger partial charge in [-0.1, -0.05) is 12.1 Å². The van der Waals surface area contributed by atoms with Gasteiger partial charge >= 0.3 is 0 Å². The minimum absolute atomic E-state index is 0.219. The zero-order valence-corrected chi connectivity index (χ0v) is 14.5. The summed E-state index contributed by atoms with van der Waals surface area (Å²) in [5, 5.41) is 3.79. The Balaban J connectivity index is 1.45. The Labute approximate surface area is 154 Å². The quantitative estimate of drug-likeness (QED) is 0.549. The van der Waals surface area contributed by atoms with E-state index < -0.39 is 0 Å². The van der Waals surface area contributed by atoms with Crippen molar-refractivity contribution in [3.05, 3.63) is 78.9 Å². The first-order chi connectivity index (χ1) is 12.8. The van der Waals surface area contributed by atoms with E-state index in [1.165, 1.54) is 6.08 Å². The number of benzene rings is 2. The molecule has 0 aliphatic rings. The lowest BCUT2D eigenvalue weighted by molar-refractivity contribution is -0.111. The molecule has 1 amide bonds. The third-order valence-electron chi connectivity index (χ3n) is 3.68. The molecule has 5 nitrogen and oxygen atoms in total. The minimum Gasteiger partial charge on any atom is -0.323 e. The molecule has 0 aliphatic carbocycles. The van der Waals surface area contributed by atoms with Gasteiger partial charge in [0, 0.05) is 29.7 Å². The molecule has 2 aromatic heterocycles. The summed E-state index contributed by atoms with van der Waals surface area (Å²) in [6.45, 7) is 0. The Morgan fingerprint density at radius 3 is 2.65 bits per heavy atom. The molecule has 26 heavy (non-hydrogen) atoms. The van der Waals surface area contributed by atoms with Crippen LogP contribution >= 0.6 is 11.3 Å². The predicted molar refractivity (Wildman–Crippen MR) is 105 cm³/mol. The number of carbonyl (C=O) groups is 1. The molecule has 4 aromatic rings. The molecule has 0 bridgehead atoms. The highest BCUT2D eigenvalue weighted by Crippen LogP contribution is 2.30. The fourth-order valence-corrected chi connectivity index (χ4v) is 3.40. The van der Waals surface area contributed by atoms with Gasteiger partial charge in [-0.05, 0) is 42.5 Å². The van der Waals surface area contributed by atoms with Crippen molar-refractivity contribution in [2.75, 3.05) is 5.32 Å². The monoisotopic (exact) mass is 358 g/mol. The van der Waals surface area contributed by atoms with Gasteiger partial charge in [-0.15, -0.1) is 11.3 Å². The number of para-hydroxylation sites is 1. The number of amides is 1. The van der Waals surface area contributed by atoms with Gasteiger partial charge in [0.05, 0.1) is 22.1 Å². The van der Waals surface area contributed by atoms with Gasteiger partial charge in [-0.25, -0.2) is 4.98 Å². The SMILES string of the molecule is O=C(C=Cc1cnccn1)Nc1ccc(-c2nc3ccccc3s2)cc1. The van der Waals surface area contributed by atoms with Crippen LogP contribution in [0.2, 0.25) is 0 Å². The molecule has 0 saturated carbocycles. The number of aromatic nitrogens is 3. The minimum atomic E-state index is -0.219. The number of hydrogen-bond donors (Lipinski definition) is 1. The lowest BCUT2D eigenvalue weighted by Gasteiger charge is -2.03. The molecular formula is C20H14N4OS. The fourth-order valence-electron chi connectivity index (χ4n) is 2.43. The van der Waals surface area contributed by atoms with Gasteiger partial charge in [0.2, 0.25) is 5.91 Å². The van der Waals surface area contributed by atoms with Crippen molar-refractivity contribution in [2.45, 2.75) is 0 Å². The molecule has 0 radical (unpaired) electrons.